The van der Waals surface area contributed by atoms with Crippen molar-refractivity contribution in [3.8, 4) is 5.75 Å². The van der Waals surface area contributed by atoms with Crippen LogP contribution < -0.4 is 10.1 Å². The van der Waals surface area contributed by atoms with Crippen molar-refractivity contribution in [1.82, 2.24) is 15.1 Å². The third kappa shape index (κ3) is 5.09. The summed E-state index contributed by atoms with van der Waals surface area (Å²) >= 11 is 0. The number of likely N-dealkylation sites (tertiary alicyclic amines) is 1. The average molecular weight is 494 g/mol. The predicted molar refractivity (Wildman–Crippen MR) is 136 cm³/mol. The Morgan fingerprint density at radius 3 is 2.39 bits per heavy atom. The maximum atomic E-state index is 13.8. The van der Waals surface area contributed by atoms with Crippen molar-refractivity contribution in [1.29, 1.82) is 0 Å². The van der Waals surface area contributed by atoms with E-state index in [-0.39, 0.29) is 30.4 Å². The molecule has 1 spiro atoms. The van der Waals surface area contributed by atoms with Crippen LogP contribution in [0, 0.1) is 6.92 Å². The second-order valence-electron chi connectivity index (χ2n) is 9.66. The van der Waals surface area contributed by atoms with E-state index in [2.05, 4.69) is 5.32 Å². The van der Waals surface area contributed by atoms with Crippen LogP contribution in [0.4, 0.5) is 0 Å². The van der Waals surface area contributed by atoms with Crippen molar-refractivity contribution in [2.75, 3.05) is 26.8 Å². The molecule has 8 heteroatoms. The molecule has 192 valence electrons. The lowest BCUT2D eigenvalue weighted by molar-refractivity contribution is -0.128. The fourth-order valence-electron chi connectivity index (χ4n) is 4.90. The number of rotatable bonds is 6. The van der Waals surface area contributed by atoms with Gasteiger partial charge in [0.25, 0.3) is 11.8 Å². The van der Waals surface area contributed by atoms with E-state index in [4.69, 9.17) is 9.47 Å². The lowest BCUT2D eigenvalue weighted by Crippen LogP contribution is -2.60. The first-order valence-electron chi connectivity index (χ1n) is 12.6. The maximum Gasteiger partial charge on any atom is 0.256 e. The molecule has 36 heavy (non-hydrogen) atoms. The molecule has 2 aliphatic heterocycles. The van der Waals surface area contributed by atoms with Crippen LogP contribution in [0.3, 0.4) is 0 Å². The summed E-state index contributed by atoms with van der Waals surface area (Å²) in [6.07, 6.45) is 1.64. The molecule has 3 amide bonds. The van der Waals surface area contributed by atoms with Crippen molar-refractivity contribution >= 4 is 17.7 Å². The van der Waals surface area contributed by atoms with Crippen LogP contribution >= 0.6 is 0 Å². The molecular formula is C28H35N3O5. The highest BCUT2D eigenvalue weighted by Crippen LogP contribution is 2.39. The first kappa shape index (κ1) is 25.7. The van der Waals surface area contributed by atoms with Gasteiger partial charge in [0.1, 0.15) is 17.5 Å². The van der Waals surface area contributed by atoms with Gasteiger partial charge in [-0.05, 0) is 56.7 Å². The molecule has 0 unspecified atom stereocenters. The lowest BCUT2D eigenvalue weighted by Gasteiger charge is -2.44. The zero-order valence-electron chi connectivity index (χ0n) is 21.5. The van der Waals surface area contributed by atoms with Gasteiger partial charge in [-0.2, -0.15) is 0 Å². The smallest absolute Gasteiger partial charge is 0.256 e. The van der Waals surface area contributed by atoms with Crippen LogP contribution in [0.1, 0.15) is 59.4 Å². The molecule has 0 radical (unpaired) electrons. The van der Waals surface area contributed by atoms with E-state index < -0.39 is 11.8 Å². The highest BCUT2D eigenvalue weighted by atomic mass is 16.5. The van der Waals surface area contributed by atoms with Gasteiger partial charge >= 0.3 is 0 Å². The zero-order chi connectivity index (χ0) is 25.9. The Morgan fingerprint density at radius 2 is 1.78 bits per heavy atom. The average Bonchev–Trinajstić information content (AvgIpc) is 3.26. The third-order valence-corrected chi connectivity index (χ3v) is 7.22. The van der Waals surface area contributed by atoms with Crippen molar-refractivity contribution < 1.29 is 23.9 Å². The van der Waals surface area contributed by atoms with E-state index >= 15 is 0 Å². The summed E-state index contributed by atoms with van der Waals surface area (Å²) < 4.78 is 11.5. The molecule has 4 rings (SSSR count). The van der Waals surface area contributed by atoms with Crippen molar-refractivity contribution in [3.05, 3.63) is 65.2 Å². The SMILES string of the molecule is CC[C@H](C)NC(=O)[C@H]1COC2(CCN(C(=O)c3cccc(C)c3)CC2)N1C(=O)c1ccc(OC)cc1. The zero-order valence-corrected chi connectivity index (χ0v) is 21.5. The molecule has 8 nitrogen and oxygen atoms in total. The van der Waals surface area contributed by atoms with Gasteiger partial charge in [0, 0.05) is 43.1 Å². The maximum absolute atomic E-state index is 13.8. The van der Waals surface area contributed by atoms with Gasteiger partial charge in [0.2, 0.25) is 5.91 Å². The number of carbonyl (C=O) groups excluding carboxylic acids is 3. The molecule has 2 aromatic rings. The summed E-state index contributed by atoms with van der Waals surface area (Å²) in [7, 11) is 1.57. The number of amides is 3. The minimum Gasteiger partial charge on any atom is -0.497 e. The second kappa shape index (κ2) is 10.7. The molecule has 2 heterocycles. The van der Waals surface area contributed by atoms with E-state index in [1.54, 1.807) is 41.2 Å². The number of hydrogen-bond donors (Lipinski definition) is 1. The van der Waals surface area contributed by atoms with Crippen LogP contribution in [-0.2, 0) is 9.53 Å². The molecule has 1 N–H and O–H groups in total. The number of hydrogen-bond acceptors (Lipinski definition) is 5. The fourth-order valence-corrected chi connectivity index (χ4v) is 4.90. The molecule has 0 aliphatic carbocycles. The number of methoxy groups -OCH3 is 1. The summed E-state index contributed by atoms with van der Waals surface area (Å²) in [5.74, 6) is 0.123. The number of piperidine rings is 1. The number of ether oxygens (including phenoxy) is 2. The summed E-state index contributed by atoms with van der Waals surface area (Å²) in [6.45, 7) is 6.88. The van der Waals surface area contributed by atoms with Gasteiger partial charge in [0.05, 0.1) is 13.7 Å². The molecule has 2 aliphatic rings. The highest BCUT2D eigenvalue weighted by molar-refractivity contribution is 5.99. The van der Waals surface area contributed by atoms with Gasteiger partial charge in [-0.15, -0.1) is 0 Å². The minimum absolute atomic E-state index is 0.0132. The Morgan fingerprint density at radius 1 is 1.08 bits per heavy atom. The third-order valence-electron chi connectivity index (χ3n) is 7.22. The van der Waals surface area contributed by atoms with Gasteiger partial charge in [-0.1, -0.05) is 24.6 Å². The van der Waals surface area contributed by atoms with Gasteiger partial charge < -0.3 is 19.7 Å². The van der Waals surface area contributed by atoms with Gasteiger partial charge in [0.15, 0.2) is 0 Å². The number of aryl methyl sites for hydroxylation is 1. The summed E-state index contributed by atoms with van der Waals surface area (Å²) in [6, 6.07) is 13.6. The minimum atomic E-state index is -0.947. The Bertz CT molecular complexity index is 1110. The molecule has 2 fully saturated rings. The molecule has 0 bridgehead atoms. The molecule has 0 saturated carbocycles. The highest BCUT2D eigenvalue weighted by Gasteiger charge is 2.54. The number of nitrogens with one attached hydrogen (secondary N) is 1. The Balaban J connectivity index is 1.58. The van der Waals surface area contributed by atoms with E-state index in [0.29, 0.717) is 42.8 Å². The van der Waals surface area contributed by atoms with Crippen molar-refractivity contribution in [3.63, 3.8) is 0 Å². The first-order chi connectivity index (χ1) is 17.3. The number of benzene rings is 2. The largest absolute Gasteiger partial charge is 0.497 e. The molecule has 2 saturated heterocycles. The predicted octanol–water partition coefficient (Wildman–Crippen LogP) is 3.39. The van der Waals surface area contributed by atoms with E-state index in [9.17, 15) is 14.4 Å². The fraction of sp³-hybridized carbons (Fsp3) is 0.464. The van der Waals surface area contributed by atoms with Crippen LogP contribution in [0.15, 0.2) is 48.5 Å². The van der Waals surface area contributed by atoms with Crippen LogP contribution in [0.2, 0.25) is 0 Å². The van der Waals surface area contributed by atoms with Gasteiger partial charge in [-0.3, -0.25) is 19.3 Å². The van der Waals surface area contributed by atoms with Crippen LogP contribution in [-0.4, -0.2) is 72.1 Å². The Labute approximate surface area is 212 Å². The summed E-state index contributed by atoms with van der Waals surface area (Å²) in [5.41, 5.74) is 1.19. The van der Waals surface area contributed by atoms with Crippen LogP contribution in [0.5, 0.6) is 5.75 Å². The normalized spacial score (nSPS) is 19.7. The number of carbonyl (C=O) groups is 3. The van der Waals surface area contributed by atoms with Crippen molar-refractivity contribution in [2.45, 2.75) is 57.8 Å². The lowest BCUT2D eigenvalue weighted by atomic mass is 9.96. The summed E-state index contributed by atoms with van der Waals surface area (Å²) in [4.78, 5) is 43.5. The summed E-state index contributed by atoms with van der Waals surface area (Å²) in [5, 5.41) is 3.00. The quantitative estimate of drug-likeness (QED) is 0.667. The topological polar surface area (TPSA) is 88.2 Å². The molecular weight excluding hydrogens is 458 g/mol. The standard InChI is InChI=1S/C28H35N3O5/c1-5-20(3)29-25(32)24-18-36-28(31(24)27(34)21-9-11-23(35-4)12-10-21)13-15-30(16-14-28)26(33)22-8-6-7-19(2)17-22/h6-12,17,20,24H,5,13-16,18H2,1-4H3,(H,29,32)/t20-,24+/m0/s1. The molecule has 2 atom stereocenters. The van der Waals surface area contributed by atoms with Crippen molar-refractivity contribution in [2.24, 2.45) is 0 Å². The molecule has 0 aromatic heterocycles. The Kier molecular flexibility index (Phi) is 7.64. The monoisotopic (exact) mass is 493 g/mol. The molecule has 2 aromatic carbocycles. The first-order valence-corrected chi connectivity index (χ1v) is 12.6. The van der Waals surface area contributed by atoms with E-state index in [1.807, 2.05) is 45.0 Å². The number of nitrogens with zero attached hydrogens (tertiary/aromatic N) is 2. The van der Waals surface area contributed by atoms with Gasteiger partial charge in [-0.25, -0.2) is 0 Å². The van der Waals surface area contributed by atoms with E-state index in [1.165, 1.54) is 0 Å². The Hall–Kier alpha value is -3.39. The van der Waals surface area contributed by atoms with Crippen LogP contribution in [0.25, 0.3) is 0 Å². The second-order valence-corrected chi connectivity index (χ2v) is 9.66. The van der Waals surface area contributed by atoms with E-state index in [0.717, 1.165) is 12.0 Å².